The standard InChI is InChI=1S/C12H17BrFNO/c1-3-15-11(8-16-4-2)9-6-5-7-10(14)12(9)13/h5-7,11,15H,3-4,8H2,1-2H3. The van der Waals surface area contributed by atoms with Gasteiger partial charge >= 0.3 is 0 Å². The van der Waals surface area contributed by atoms with Crippen molar-refractivity contribution in [2.24, 2.45) is 0 Å². The molecule has 0 saturated heterocycles. The number of ether oxygens (including phenoxy) is 1. The average Bonchev–Trinajstić information content (AvgIpc) is 2.28. The Hall–Kier alpha value is -0.450. The van der Waals surface area contributed by atoms with E-state index in [9.17, 15) is 4.39 Å². The van der Waals surface area contributed by atoms with Gasteiger partial charge in [-0.15, -0.1) is 0 Å². The lowest BCUT2D eigenvalue weighted by Gasteiger charge is -2.19. The van der Waals surface area contributed by atoms with Gasteiger partial charge in [0.2, 0.25) is 0 Å². The predicted octanol–water partition coefficient (Wildman–Crippen LogP) is 3.28. The Morgan fingerprint density at radius 3 is 2.81 bits per heavy atom. The van der Waals surface area contributed by atoms with Crippen LogP contribution < -0.4 is 5.32 Å². The van der Waals surface area contributed by atoms with Gasteiger partial charge in [-0.25, -0.2) is 4.39 Å². The molecule has 1 N–H and O–H groups in total. The SMILES string of the molecule is CCNC(COCC)c1cccc(F)c1Br. The second-order valence-electron chi connectivity index (χ2n) is 3.41. The highest BCUT2D eigenvalue weighted by molar-refractivity contribution is 9.10. The quantitative estimate of drug-likeness (QED) is 0.868. The molecule has 0 bridgehead atoms. The van der Waals surface area contributed by atoms with Gasteiger partial charge in [0.25, 0.3) is 0 Å². The van der Waals surface area contributed by atoms with Gasteiger partial charge < -0.3 is 10.1 Å². The third kappa shape index (κ3) is 3.54. The second kappa shape index (κ2) is 6.99. The van der Waals surface area contributed by atoms with E-state index < -0.39 is 0 Å². The Bertz CT molecular complexity index is 333. The summed E-state index contributed by atoms with van der Waals surface area (Å²) in [6.07, 6.45) is 0. The topological polar surface area (TPSA) is 21.3 Å². The summed E-state index contributed by atoms with van der Waals surface area (Å²) in [6.45, 7) is 6.00. The zero-order chi connectivity index (χ0) is 12.0. The fourth-order valence-electron chi connectivity index (χ4n) is 1.53. The molecule has 0 saturated carbocycles. The summed E-state index contributed by atoms with van der Waals surface area (Å²) < 4.78 is 19.3. The maximum Gasteiger partial charge on any atom is 0.137 e. The highest BCUT2D eigenvalue weighted by Gasteiger charge is 2.15. The lowest BCUT2D eigenvalue weighted by molar-refractivity contribution is 0.123. The number of likely N-dealkylation sites (N-methyl/N-ethyl adjacent to an activating group) is 1. The van der Waals surface area contributed by atoms with Gasteiger partial charge in [-0.3, -0.25) is 0 Å². The van der Waals surface area contributed by atoms with E-state index in [1.54, 1.807) is 6.07 Å². The molecule has 16 heavy (non-hydrogen) atoms. The van der Waals surface area contributed by atoms with Crippen molar-refractivity contribution in [2.45, 2.75) is 19.9 Å². The van der Waals surface area contributed by atoms with Gasteiger partial charge in [0.15, 0.2) is 0 Å². The van der Waals surface area contributed by atoms with Crippen molar-refractivity contribution < 1.29 is 9.13 Å². The molecule has 1 aromatic rings. The van der Waals surface area contributed by atoms with E-state index in [4.69, 9.17) is 4.74 Å². The third-order valence-corrected chi connectivity index (χ3v) is 3.13. The highest BCUT2D eigenvalue weighted by Crippen LogP contribution is 2.26. The van der Waals surface area contributed by atoms with Crippen molar-refractivity contribution in [3.8, 4) is 0 Å². The van der Waals surface area contributed by atoms with E-state index in [2.05, 4.69) is 21.2 Å². The van der Waals surface area contributed by atoms with Crippen LogP contribution in [-0.2, 0) is 4.74 Å². The van der Waals surface area contributed by atoms with E-state index in [0.29, 0.717) is 17.7 Å². The maximum atomic E-state index is 13.4. The lowest BCUT2D eigenvalue weighted by Crippen LogP contribution is -2.26. The summed E-state index contributed by atoms with van der Waals surface area (Å²) in [6, 6.07) is 5.08. The summed E-state index contributed by atoms with van der Waals surface area (Å²) >= 11 is 3.27. The van der Waals surface area contributed by atoms with Crippen LogP contribution in [-0.4, -0.2) is 19.8 Å². The van der Waals surface area contributed by atoms with Crippen molar-refractivity contribution in [3.63, 3.8) is 0 Å². The van der Waals surface area contributed by atoms with Gasteiger partial charge in [-0.05, 0) is 41.0 Å². The summed E-state index contributed by atoms with van der Waals surface area (Å²) in [4.78, 5) is 0. The van der Waals surface area contributed by atoms with Gasteiger partial charge in [-0.2, -0.15) is 0 Å². The summed E-state index contributed by atoms with van der Waals surface area (Å²) in [7, 11) is 0. The first kappa shape index (κ1) is 13.6. The molecule has 1 aromatic carbocycles. The van der Waals surface area contributed by atoms with Crippen molar-refractivity contribution in [2.75, 3.05) is 19.8 Å². The van der Waals surface area contributed by atoms with E-state index in [0.717, 1.165) is 12.1 Å². The van der Waals surface area contributed by atoms with Crippen LogP contribution in [0.4, 0.5) is 4.39 Å². The molecule has 0 heterocycles. The molecule has 0 radical (unpaired) electrons. The minimum absolute atomic E-state index is 0.0232. The zero-order valence-electron chi connectivity index (χ0n) is 9.59. The fraction of sp³-hybridized carbons (Fsp3) is 0.500. The van der Waals surface area contributed by atoms with Crippen LogP contribution in [0.25, 0.3) is 0 Å². The molecule has 1 rings (SSSR count). The fourth-order valence-corrected chi connectivity index (χ4v) is 2.07. The van der Waals surface area contributed by atoms with Crippen LogP contribution in [0.3, 0.4) is 0 Å². The normalized spacial score (nSPS) is 12.8. The van der Waals surface area contributed by atoms with Crippen LogP contribution in [0, 0.1) is 5.82 Å². The van der Waals surface area contributed by atoms with Crippen molar-refractivity contribution >= 4 is 15.9 Å². The zero-order valence-corrected chi connectivity index (χ0v) is 11.2. The number of nitrogens with one attached hydrogen (secondary N) is 1. The van der Waals surface area contributed by atoms with Crippen LogP contribution in [0.5, 0.6) is 0 Å². The monoisotopic (exact) mass is 289 g/mol. The van der Waals surface area contributed by atoms with Crippen molar-refractivity contribution in [1.82, 2.24) is 5.32 Å². The molecular formula is C12H17BrFNO. The van der Waals surface area contributed by atoms with Gasteiger partial charge in [0.1, 0.15) is 5.82 Å². The predicted molar refractivity (Wildman–Crippen MR) is 67.0 cm³/mol. The minimum Gasteiger partial charge on any atom is -0.380 e. The molecule has 0 aliphatic rings. The Kier molecular flexibility index (Phi) is 5.95. The Labute approximate surface area is 104 Å². The molecule has 0 amide bonds. The van der Waals surface area contributed by atoms with Crippen molar-refractivity contribution in [3.05, 3.63) is 34.1 Å². The number of hydrogen-bond acceptors (Lipinski definition) is 2. The largest absolute Gasteiger partial charge is 0.380 e. The van der Waals surface area contributed by atoms with Crippen LogP contribution in [0.2, 0.25) is 0 Å². The summed E-state index contributed by atoms with van der Waals surface area (Å²) in [5.41, 5.74) is 0.898. The number of halogens is 2. The first-order valence-corrected chi connectivity index (χ1v) is 6.25. The molecule has 2 nitrogen and oxygen atoms in total. The molecule has 0 spiro atoms. The Morgan fingerprint density at radius 1 is 1.44 bits per heavy atom. The number of benzene rings is 1. The van der Waals surface area contributed by atoms with E-state index in [-0.39, 0.29) is 11.9 Å². The molecule has 90 valence electrons. The van der Waals surface area contributed by atoms with Gasteiger partial charge in [0, 0.05) is 6.61 Å². The number of rotatable bonds is 6. The Morgan fingerprint density at radius 2 is 2.19 bits per heavy atom. The van der Waals surface area contributed by atoms with Crippen LogP contribution in [0.15, 0.2) is 22.7 Å². The lowest BCUT2D eigenvalue weighted by atomic mass is 10.1. The molecule has 1 unspecified atom stereocenters. The molecule has 0 aromatic heterocycles. The third-order valence-electron chi connectivity index (χ3n) is 2.30. The van der Waals surface area contributed by atoms with E-state index in [1.165, 1.54) is 6.07 Å². The molecule has 0 aliphatic heterocycles. The van der Waals surface area contributed by atoms with E-state index in [1.807, 2.05) is 19.9 Å². The highest BCUT2D eigenvalue weighted by atomic mass is 79.9. The van der Waals surface area contributed by atoms with Crippen molar-refractivity contribution in [1.29, 1.82) is 0 Å². The number of hydrogen-bond donors (Lipinski definition) is 1. The first-order chi connectivity index (χ1) is 7.70. The van der Waals surface area contributed by atoms with Gasteiger partial charge in [-0.1, -0.05) is 19.1 Å². The molecule has 0 aliphatic carbocycles. The maximum absolute atomic E-state index is 13.4. The second-order valence-corrected chi connectivity index (χ2v) is 4.21. The average molecular weight is 290 g/mol. The summed E-state index contributed by atoms with van der Waals surface area (Å²) in [5, 5.41) is 3.28. The molecular weight excluding hydrogens is 273 g/mol. The molecule has 4 heteroatoms. The molecule has 0 fully saturated rings. The van der Waals surface area contributed by atoms with Crippen LogP contribution in [0.1, 0.15) is 25.5 Å². The Balaban J connectivity index is 2.86. The van der Waals surface area contributed by atoms with Crippen LogP contribution >= 0.6 is 15.9 Å². The smallest absolute Gasteiger partial charge is 0.137 e. The van der Waals surface area contributed by atoms with E-state index >= 15 is 0 Å². The minimum atomic E-state index is -0.239. The molecule has 1 atom stereocenters. The summed E-state index contributed by atoms with van der Waals surface area (Å²) in [5.74, 6) is -0.239. The van der Waals surface area contributed by atoms with Gasteiger partial charge in [0.05, 0.1) is 17.1 Å². The first-order valence-electron chi connectivity index (χ1n) is 5.45.